The normalized spacial score (nSPS) is 10.3. The van der Waals surface area contributed by atoms with Gasteiger partial charge in [-0.05, 0) is 42.7 Å². The molecule has 3 N–H and O–H groups in total. The number of rotatable bonds is 7. The third-order valence-electron chi connectivity index (χ3n) is 3.40. The first-order valence-electron chi connectivity index (χ1n) is 7.52. The van der Waals surface area contributed by atoms with E-state index in [1.807, 2.05) is 43.3 Å². The second kappa shape index (κ2) is 8.20. The molecule has 4 heteroatoms. The van der Waals surface area contributed by atoms with Crippen LogP contribution in [0.2, 0.25) is 0 Å². The number of nitrogens with two attached hydrogens (primary N) is 1. The summed E-state index contributed by atoms with van der Waals surface area (Å²) < 4.78 is 5.58. The third kappa shape index (κ3) is 4.33. The molecule has 0 aliphatic rings. The lowest BCUT2D eigenvalue weighted by Crippen LogP contribution is -2.25. The van der Waals surface area contributed by atoms with Crippen molar-refractivity contribution in [1.29, 1.82) is 0 Å². The molecule has 1 amide bonds. The Labute approximate surface area is 131 Å². The fourth-order valence-electron chi connectivity index (χ4n) is 2.21. The molecule has 0 atom stereocenters. The molecule has 2 aromatic rings. The van der Waals surface area contributed by atoms with Gasteiger partial charge in [0.15, 0.2) is 0 Å². The quantitative estimate of drug-likeness (QED) is 0.825. The van der Waals surface area contributed by atoms with Gasteiger partial charge in [-0.25, -0.2) is 0 Å². The zero-order valence-corrected chi connectivity index (χ0v) is 12.8. The molecule has 2 rings (SSSR count). The summed E-state index contributed by atoms with van der Waals surface area (Å²) in [7, 11) is 0. The molecular weight excluding hydrogens is 276 g/mol. The Kier molecular flexibility index (Phi) is 5.98. The lowest BCUT2D eigenvalue weighted by Gasteiger charge is -2.10. The molecule has 0 saturated carbocycles. The topological polar surface area (TPSA) is 64.3 Å². The van der Waals surface area contributed by atoms with Crippen molar-refractivity contribution in [2.24, 2.45) is 5.73 Å². The fourth-order valence-corrected chi connectivity index (χ4v) is 2.21. The molecule has 0 spiro atoms. The van der Waals surface area contributed by atoms with Crippen molar-refractivity contribution in [3.63, 3.8) is 0 Å². The predicted molar refractivity (Wildman–Crippen MR) is 88.0 cm³/mol. The fraction of sp³-hybridized carbons (Fsp3) is 0.278. The van der Waals surface area contributed by atoms with Gasteiger partial charge in [-0.2, -0.15) is 0 Å². The van der Waals surface area contributed by atoms with E-state index in [9.17, 15) is 4.79 Å². The largest absolute Gasteiger partial charge is 0.494 e. The number of nitrogens with one attached hydrogen (secondary N) is 1. The second-order valence-corrected chi connectivity index (χ2v) is 4.95. The third-order valence-corrected chi connectivity index (χ3v) is 3.40. The van der Waals surface area contributed by atoms with Gasteiger partial charge in [0, 0.05) is 18.7 Å². The summed E-state index contributed by atoms with van der Waals surface area (Å²) in [6.07, 6.45) is 0.739. The van der Waals surface area contributed by atoms with Gasteiger partial charge in [-0.15, -0.1) is 0 Å². The molecule has 0 aromatic heterocycles. The summed E-state index contributed by atoms with van der Waals surface area (Å²) >= 11 is 0. The lowest BCUT2D eigenvalue weighted by molar-refractivity contribution is 0.0954. The van der Waals surface area contributed by atoms with E-state index in [1.165, 1.54) is 0 Å². The van der Waals surface area contributed by atoms with Crippen LogP contribution in [0.4, 0.5) is 0 Å². The van der Waals surface area contributed by atoms with Crippen molar-refractivity contribution in [2.45, 2.75) is 19.9 Å². The van der Waals surface area contributed by atoms with Crippen LogP contribution >= 0.6 is 0 Å². The highest BCUT2D eigenvalue weighted by molar-refractivity contribution is 5.94. The van der Waals surface area contributed by atoms with Crippen molar-refractivity contribution >= 4 is 5.91 Å². The molecule has 0 aliphatic carbocycles. The van der Waals surface area contributed by atoms with Crippen molar-refractivity contribution < 1.29 is 9.53 Å². The summed E-state index contributed by atoms with van der Waals surface area (Å²) in [5.41, 5.74) is 8.31. The molecule has 0 radical (unpaired) electrons. The zero-order chi connectivity index (χ0) is 15.8. The van der Waals surface area contributed by atoms with Crippen LogP contribution in [-0.2, 0) is 13.0 Å². The minimum absolute atomic E-state index is 0.0718. The van der Waals surface area contributed by atoms with Gasteiger partial charge in [0.05, 0.1) is 6.61 Å². The number of para-hydroxylation sites is 1. The average molecular weight is 298 g/mol. The van der Waals surface area contributed by atoms with Crippen LogP contribution in [0.1, 0.15) is 28.4 Å². The van der Waals surface area contributed by atoms with Gasteiger partial charge in [-0.3, -0.25) is 4.79 Å². The Hall–Kier alpha value is -2.33. The van der Waals surface area contributed by atoms with Gasteiger partial charge in [0.2, 0.25) is 0 Å². The number of ether oxygens (including phenoxy) is 1. The number of hydrogen-bond donors (Lipinski definition) is 2. The molecule has 2 aromatic carbocycles. The van der Waals surface area contributed by atoms with Crippen molar-refractivity contribution in [1.82, 2.24) is 5.32 Å². The molecule has 0 unspecified atom stereocenters. The lowest BCUT2D eigenvalue weighted by atomic mass is 10.1. The summed E-state index contributed by atoms with van der Waals surface area (Å²) in [6.45, 7) is 3.65. The van der Waals surface area contributed by atoms with E-state index in [-0.39, 0.29) is 5.91 Å². The molecule has 116 valence electrons. The Balaban J connectivity index is 1.89. The van der Waals surface area contributed by atoms with E-state index in [0.717, 1.165) is 23.3 Å². The van der Waals surface area contributed by atoms with Crippen molar-refractivity contribution in [3.8, 4) is 5.75 Å². The number of carbonyl (C=O) groups is 1. The van der Waals surface area contributed by atoms with Gasteiger partial charge in [-0.1, -0.05) is 30.3 Å². The van der Waals surface area contributed by atoms with Crippen LogP contribution in [0, 0.1) is 0 Å². The summed E-state index contributed by atoms with van der Waals surface area (Å²) in [5, 5.41) is 2.93. The van der Waals surface area contributed by atoms with Gasteiger partial charge >= 0.3 is 0 Å². The van der Waals surface area contributed by atoms with E-state index >= 15 is 0 Å². The van der Waals surface area contributed by atoms with Crippen LogP contribution < -0.4 is 15.8 Å². The number of hydrogen-bond acceptors (Lipinski definition) is 3. The highest BCUT2D eigenvalue weighted by Crippen LogP contribution is 2.18. The molecule has 4 nitrogen and oxygen atoms in total. The van der Waals surface area contributed by atoms with E-state index in [4.69, 9.17) is 10.5 Å². The van der Waals surface area contributed by atoms with Crippen LogP contribution in [0.15, 0.2) is 48.5 Å². The van der Waals surface area contributed by atoms with E-state index in [1.54, 1.807) is 12.1 Å². The molecule has 0 aliphatic heterocycles. The van der Waals surface area contributed by atoms with E-state index in [0.29, 0.717) is 25.3 Å². The summed E-state index contributed by atoms with van der Waals surface area (Å²) in [4.78, 5) is 12.1. The minimum Gasteiger partial charge on any atom is -0.494 e. The predicted octanol–water partition coefficient (Wildman–Crippen LogP) is 2.52. The Morgan fingerprint density at radius 2 is 1.86 bits per heavy atom. The molecule has 0 heterocycles. The molecule has 0 bridgehead atoms. The Morgan fingerprint density at radius 3 is 2.55 bits per heavy atom. The number of amides is 1. The smallest absolute Gasteiger partial charge is 0.251 e. The maximum atomic E-state index is 12.1. The Morgan fingerprint density at radius 1 is 1.14 bits per heavy atom. The molecule has 0 saturated heterocycles. The maximum Gasteiger partial charge on any atom is 0.251 e. The van der Waals surface area contributed by atoms with Gasteiger partial charge < -0.3 is 15.8 Å². The standard InChI is InChI=1S/C18H22N2O2/c1-2-22-17-6-4-3-5-15(17)11-12-20-18(21)16-9-7-14(13-19)8-10-16/h3-10H,2,11-13,19H2,1H3,(H,20,21). The minimum atomic E-state index is -0.0718. The van der Waals surface area contributed by atoms with Crippen molar-refractivity contribution in [3.05, 3.63) is 65.2 Å². The first-order valence-corrected chi connectivity index (χ1v) is 7.52. The monoisotopic (exact) mass is 298 g/mol. The maximum absolute atomic E-state index is 12.1. The summed E-state index contributed by atoms with van der Waals surface area (Å²) in [5.74, 6) is 0.809. The van der Waals surface area contributed by atoms with Crippen LogP contribution in [-0.4, -0.2) is 19.1 Å². The second-order valence-electron chi connectivity index (χ2n) is 4.95. The average Bonchev–Trinajstić information content (AvgIpc) is 2.56. The highest BCUT2D eigenvalue weighted by Gasteiger charge is 2.06. The van der Waals surface area contributed by atoms with Crippen LogP contribution in [0.25, 0.3) is 0 Å². The van der Waals surface area contributed by atoms with Crippen LogP contribution in [0.3, 0.4) is 0 Å². The first kappa shape index (κ1) is 16.0. The molecular formula is C18H22N2O2. The first-order chi connectivity index (χ1) is 10.7. The Bertz CT molecular complexity index is 609. The van der Waals surface area contributed by atoms with Crippen molar-refractivity contribution in [2.75, 3.05) is 13.2 Å². The number of carbonyl (C=O) groups excluding carboxylic acids is 1. The van der Waals surface area contributed by atoms with E-state index < -0.39 is 0 Å². The summed E-state index contributed by atoms with van der Waals surface area (Å²) in [6, 6.07) is 15.2. The van der Waals surface area contributed by atoms with Crippen LogP contribution in [0.5, 0.6) is 5.75 Å². The SMILES string of the molecule is CCOc1ccccc1CCNC(=O)c1ccc(CN)cc1. The van der Waals surface area contributed by atoms with Gasteiger partial charge in [0.25, 0.3) is 5.91 Å². The molecule has 22 heavy (non-hydrogen) atoms. The highest BCUT2D eigenvalue weighted by atomic mass is 16.5. The van der Waals surface area contributed by atoms with E-state index in [2.05, 4.69) is 5.32 Å². The van der Waals surface area contributed by atoms with Gasteiger partial charge in [0.1, 0.15) is 5.75 Å². The zero-order valence-electron chi connectivity index (χ0n) is 12.8. The molecule has 0 fully saturated rings. The number of benzene rings is 2.